The van der Waals surface area contributed by atoms with Crippen LogP contribution in [0.15, 0.2) is 36.4 Å². The van der Waals surface area contributed by atoms with E-state index in [9.17, 15) is 19.4 Å². The molecule has 144 valence electrons. The van der Waals surface area contributed by atoms with Gasteiger partial charge in [0, 0.05) is 11.5 Å². The summed E-state index contributed by atoms with van der Waals surface area (Å²) in [6.07, 6.45) is 5.17. The predicted octanol–water partition coefficient (Wildman–Crippen LogP) is 4.63. The average molecular weight is 371 g/mol. The van der Waals surface area contributed by atoms with Crippen LogP contribution in [0.5, 0.6) is 11.5 Å². The second-order valence-electron chi connectivity index (χ2n) is 7.83. The molecular formula is C22H26FNO3. The van der Waals surface area contributed by atoms with Crippen molar-refractivity contribution >= 4 is 5.91 Å². The summed E-state index contributed by atoms with van der Waals surface area (Å²) in [5.74, 6) is -1.29. The fourth-order valence-electron chi connectivity index (χ4n) is 3.74. The zero-order valence-electron chi connectivity index (χ0n) is 15.8. The molecule has 5 heteroatoms. The van der Waals surface area contributed by atoms with Gasteiger partial charge in [-0.3, -0.25) is 4.79 Å². The number of hydrogen-bond acceptors (Lipinski definition) is 3. The van der Waals surface area contributed by atoms with Gasteiger partial charge in [-0.1, -0.05) is 45.2 Å². The Bertz CT molecular complexity index is 801. The molecule has 1 aliphatic carbocycles. The van der Waals surface area contributed by atoms with Crippen molar-refractivity contribution in [1.29, 1.82) is 0 Å². The van der Waals surface area contributed by atoms with E-state index in [1.807, 2.05) is 13.8 Å². The molecule has 0 spiro atoms. The number of phenolic OH excluding ortho intramolecular Hbond substituents is 2. The summed E-state index contributed by atoms with van der Waals surface area (Å²) in [6, 6.07) is 9.18. The van der Waals surface area contributed by atoms with Crippen molar-refractivity contribution in [2.45, 2.75) is 57.4 Å². The third-order valence-electron chi connectivity index (χ3n) is 5.55. The summed E-state index contributed by atoms with van der Waals surface area (Å²) >= 11 is 0. The molecule has 3 rings (SSSR count). The molecule has 2 aromatic carbocycles. The molecule has 1 fully saturated rings. The molecule has 27 heavy (non-hydrogen) atoms. The van der Waals surface area contributed by atoms with E-state index in [1.165, 1.54) is 30.7 Å². The fraction of sp³-hybridized carbons (Fsp3) is 0.409. The third kappa shape index (κ3) is 4.07. The highest BCUT2D eigenvalue weighted by Crippen LogP contribution is 2.38. The molecule has 0 aromatic heterocycles. The molecule has 0 atom stereocenters. The lowest BCUT2D eigenvalue weighted by Gasteiger charge is -2.27. The summed E-state index contributed by atoms with van der Waals surface area (Å²) in [7, 11) is 0. The van der Waals surface area contributed by atoms with Gasteiger partial charge in [-0.15, -0.1) is 0 Å². The Morgan fingerprint density at radius 3 is 2.11 bits per heavy atom. The van der Waals surface area contributed by atoms with Crippen LogP contribution in [0.25, 0.3) is 0 Å². The highest BCUT2D eigenvalue weighted by atomic mass is 19.1. The Kier molecular flexibility index (Phi) is 5.40. The van der Waals surface area contributed by atoms with E-state index in [4.69, 9.17) is 0 Å². The summed E-state index contributed by atoms with van der Waals surface area (Å²) in [5.41, 5.74) is 0.792. The van der Waals surface area contributed by atoms with E-state index in [-0.39, 0.29) is 28.9 Å². The van der Waals surface area contributed by atoms with Crippen LogP contribution in [-0.4, -0.2) is 22.2 Å². The first kappa shape index (κ1) is 19.2. The molecule has 3 N–H and O–H groups in total. The van der Waals surface area contributed by atoms with Crippen LogP contribution >= 0.6 is 0 Å². The number of amides is 1. The largest absolute Gasteiger partial charge is 0.507 e. The van der Waals surface area contributed by atoms with Gasteiger partial charge in [0.05, 0.1) is 0 Å². The Labute approximate surface area is 159 Å². The number of carbonyl (C=O) groups is 1. The van der Waals surface area contributed by atoms with Gasteiger partial charge < -0.3 is 15.5 Å². The molecule has 1 amide bonds. The molecule has 0 unspecified atom stereocenters. The highest BCUT2D eigenvalue weighted by molar-refractivity contribution is 5.99. The van der Waals surface area contributed by atoms with Gasteiger partial charge in [-0.2, -0.15) is 0 Å². The molecule has 0 radical (unpaired) electrons. The SMILES string of the molecule is CC(C)(c1ccc(F)cc1)c1cc(O)c(C(=O)NC2CCCCC2)c(O)c1. The van der Waals surface area contributed by atoms with Gasteiger partial charge in [0.2, 0.25) is 0 Å². The zero-order chi connectivity index (χ0) is 19.6. The molecule has 2 aromatic rings. The lowest BCUT2D eigenvalue weighted by atomic mass is 9.77. The van der Waals surface area contributed by atoms with Gasteiger partial charge in [-0.05, 0) is 48.2 Å². The topological polar surface area (TPSA) is 69.6 Å². The molecule has 0 heterocycles. The molecule has 0 aliphatic heterocycles. The lowest BCUT2D eigenvalue weighted by Crippen LogP contribution is -2.36. The maximum Gasteiger partial charge on any atom is 0.259 e. The Hall–Kier alpha value is -2.56. The van der Waals surface area contributed by atoms with E-state index in [1.54, 1.807) is 12.1 Å². The van der Waals surface area contributed by atoms with Gasteiger partial charge in [-0.25, -0.2) is 4.39 Å². The van der Waals surface area contributed by atoms with E-state index in [2.05, 4.69) is 5.32 Å². The Morgan fingerprint density at radius 1 is 1.00 bits per heavy atom. The monoisotopic (exact) mass is 371 g/mol. The van der Waals surface area contributed by atoms with E-state index in [0.717, 1.165) is 31.2 Å². The fourth-order valence-corrected chi connectivity index (χ4v) is 3.74. The second kappa shape index (κ2) is 7.59. The smallest absolute Gasteiger partial charge is 0.259 e. The number of nitrogens with one attached hydrogen (secondary N) is 1. The van der Waals surface area contributed by atoms with E-state index < -0.39 is 11.3 Å². The molecule has 4 nitrogen and oxygen atoms in total. The van der Waals surface area contributed by atoms with Crippen LogP contribution in [0.3, 0.4) is 0 Å². The Balaban J connectivity index is 1.87. The van der Waals surface area contributed by atoms with E-state index in [0.29, 0.717) is 5.56 Å². The number of rotatable bonds is 4. The first-order valence-corrected chi connectivity index (χ1v) is 9.42. The molecule has 0 saturated heterocycles. The van der Waals surface area contributed by atoms with Crippen molar-refractivity contribution < 1.29 is 19.4 Å². The lowest BCUT2D eigenvalue weighted by molar-refractivity contribution is 0.0922. The maximum atomic E-state index is 13.2. The zero-order valence-corrected chi connectivity index (χ0v) is 15.8. The first-order valence-electron chi connectivity index (χ1n) is 9.42. The number of benzene rings is 2. The standard InChI is InChI=1S/C22H26FNO3/c1-22(2,14-8-10-16(23)11-9-14)15-12-18(25)20(19(26)13-15)21(27)24-17-6-4-3-5-7-17/h8-13,17,25-26H,3-7H2,1-2H3,(H,24,27). The van der Waals surface area contributed by atoms with Crippen LogP contribution in [0, 0.1) is 5.82 Å². The summed E-state index contributed by atoms with van der Waals surface area (Å²) < 4.78 is 13.2. The van der Waals surface area contributed by atoms with Gasteiger partial charge >= 0.3 is 0 Å². The van der Waals surface area contributed by atoms with Crippen molar-refractivity contribution in [2.75, 3.05) is 0 Å². The van der Waals surface area contributed by atoms with Crippen LogP contribution in [0.4, 0.5) is 4.39 Å². The molecule has 1 aliphatic rings. The summed E-state index contributed by atoms with van der Waals surface area (Å²) in [4.78, 5) is 12.6. The number of phenols is 2. The van der Waals surface area contributed by atoms with Crippen molar-refractivity contribution in [2.24, 2.45) is 0 Å². The van der Waals surface area contributed by atoms with Gasteiger partial charge in [0.25, 0.3) is 5.91 Å². The molecular weight excluding hydrogens is 345 g/mol. The molecule has 1 saturated carbocycles. The van der Waals surface area contributed by atoms with Gasteiger partial charge in [0.1, 0.15) is 22.9 Å². The van der Waals surface area contributed by atoms with Crippen molar-refractivity contribution in [3.8, 4) is 11.5 Å². The summed E-state index contributed by atoms with van der Waals surface area (Å²) in [5, 5.41) is 23.8. The van der Waals surface area contributed by atoms with Crippen LogP contribution in [-0.2, 0) is 5.41 Å². The van der Waals surface area contributed by atoms with Gasteiger partial charge in [0.15, 0.2) is 0 Å². The maximum absolute atomic E-state index is 13.2. The van der Waals surface area contributed by atoms with Crippen molar-refractivity contribution in [3.05, 3.63) is 58.9 Å². The second-order valence-corrected chi connectivity index (χ2v) is 7.83. The minimum atomic E-state index is -0.582. The number of halogens is 1. The number of hydrogen-bond donors (Lipinski definition) is 3. The minimum Gasteiger partial charge on any atom is -0.507 e. The minimum absolute atomic E-state index is 0.0837. The first-order chi connectivity index (χ1) is 12.8. The molecule has 0 bridgehead atoms. The van der Waals surface area contributed by atoms with Crippen LogP contribution in [0.2, 0.25) is 0 Å². The highest BCUT2D eigenvalue weighted by Gasteiger charge is 2.28. The quantitative estimate of drug-likeness (QED) is 0.734. The van der Waals surface area contributed by atoms with Crippen molar-refractivity contribution in [1.82, 2.24) is 5.32 Å². The van der Waals surface area contributed by atoms with Crippen LogP contribution < -0.4 is 5.32 Å². The van der Waals surface area contributed by atoms with Crippen molar-refractivity contribution in [3.63, 3.8) is 0 Å². The Morgan fingerprint density at radius 2 is 1.56 bits per heavy atom. The van der Waals surface area contributed by atoms with Crippen LogP contribution in [0.1, 0.15) is 67.4 Å². The number of carbonyl (C=O) groups excluding carboxylic acids is 1. The van der Waals surface area contributed by atoms with E-state index >= 15 is 0 Å². The number of aromatic hydroxyl groups is 2. The summed E-state index contributed by atoms with van der Waals surface area (Å²) in [6.45, 7) is 3.83. The predicted molar refractivity (Wildman–Crippen MR) is 103 cm³/mol. The normalized spacial score (nSPS) is 15.5. The average Bonchev–Trinajstić information content (AvgIpc) is 2.62. The third-order valence-corrected chi connectivity index (χ3v) is 5.55.